The minimum Gasteiger partial charge on any atom is -0.482 e. The van der Waals surface area contributed by atoms with Crippen molar-refractivity contribution < 1.29 is 14.6 Å². The third-order valence-electron chi connectivity index (χ3n) is 3.66. The maximum atomic E-state index is 11.3. The molecule has 1 aromatic rings. The van der Waals surface area contributed by atoms with E-state index in [0.29, 0.717) is 17.1 Å². The van der Waals surface area contributed by atoms with Gasteiger partial charge < -0.3 is 25.8 Å². The zero-order chi connectivity index (χ0) is 13.4. The fourth-order valence-corrected chi connectivity index (χ4v) is 2.72. The van der Waals surface area contributed by atoms with E-state index in [0.717, 1.165) is 25.1 Å². The van der Waals surface area contributed by atoms with Crippen LogP contribution in [0.15, 0.2) is 12.1 Å². The summed E-state index contributed by atoms with van der Waals surface area (Å²) < 4.78 is 5.33. The predicted octanol–water partition coefficient (Wildman–Crippen LogP) is 0.561. The van der Waals surface area contributed by atoms with Gasteiger partial charge in [-0.25, -0.2) is 0 Å². The van der Waals surface area contributed by atoms with Gasteiger partial charge in [-0.1, -0.05) is 0 Å². The van der Waals surface area contributed by atoms with Gasteiger partial charge in [-0.15, -0.1) is 0 Å². The number of fused-ring (bicyclic) bond motifs is 1. The van der Waals surface area contributed by atoms with E-state index in [9.17, 15) is 9.90 Å². The molecular weight excluding hydrogens is 246 g/mol. The van der Waals surface area contributed by atoms with Gasteiger partial charge in [-0.2, -0.15) is 0 Å². The van der Waals surface area contributed by atoms with Gasteiger partial charge in [0.05, 0.1) is 29.7 Å². The fourth-order valence-electron chi connectivity index (χ4n) is 2.72. The van der Waals surface area contributed by atoms with Gasteiger partial charge >= 0.3 is 0 Å². The van der Waals surface area contributed by atoms with Crippen LogP contribution in [0.25, 0.3) is 0 Å². The van der Waals surface area contributed by atoms with Crippen molar-refractivity contribution >= 4 is 23.0 Å². The molecule has 2 aliphatic heterocycles. The molecule has 3 rings (SSSR count). The molecule has 0 spiro atoms. The summed E-state index contributed by atoms with van der Waals surface area (Å²) in [5.41, 5.74) is 8.16. The van der Waals surface area contributed by atoms with Crippen LogP contribution in [0.4, 0.5) is 17.1 Å². The summed E-state index contributed by atoms with van der Waals surface area (Å²) in [4.78, 5) is 13.4. The van der Waals surface area contributed by atoms with Gasteiger partial charge in [0, 0.05) is 12.6 Å². The Balaban J connectivity index is 1.97. The molecule has 1 saturated heterocycles. The first-order valence-corrected chi connectivity index (χ1v) is 6.42. The number of rotatable bonds is 2. The average Bonchev–Trinajstić information content (AvgIpc) is 2.86. The van der Waals surface area contributed by atoms with Crippen molar-refractivity contribution in [3.05, 3.63) is 12.1 Å². The van der Waals surface area contributed by atoms with Crippen molar-refractivity contribution in [1.29, 1.82) is 0 Å². The smallest absolute Gasteiger partial charge is 0.262 e. The standard InChI is InChI=1S/C13H17N3O3/c14-9-4-12-10(15-13(18)7-19-12)5-11(9)16-3-1-2-8(16)6-17/h4-5,8,17H,1-3,6-7,14H2,(H,15,18). The van der Waals surface area contributed by atoms with E-state index >= 15 is 0 Å². The van der Waals surface area contributed by atoms with Crippen LogP contribution in [0.5, 0.6) is 5.75 Å². The number of nitrogens with one attached hydrogen (secondary N) is 1. The highest BCUT2D eigenvalue weighted by Gasteiger charge is 2.27. The van der Waals surface area contributed by atoms with E-state index in [-0.39, 0.29) is 25.2 Å². The molecule has 19 heavy (non-hydrogen) atoms. The van der Waals surface area contributed by atoms with Crippen LogP contribution >= 0.6 is 0 Å². The normalized spacial score (nSPS) is 21.8. The quantitative estimate of drug-likeness (QED) is 0.679. The van der Waals surface area contributed by atoms with E-state index < -0.39 is 0 Å². The summed E-state index contributed by atoms with van der Waals surface area (Å²) in [6.07, 6.45) is 1.99. The van der Waals surface area contributed by atoms with Crippen LogP contribution in [0.1, 0.15) is 12.8 Å². The maximum absolute atomic E-state index is 11.3. The van der Waals surface area contributed by atoms with Crippen molar-refractivity contribution in [3.63, 3.8) is 0 Å². The lowest BCUT2D eigenvalue weighted by molar-refractivity contribution is -0.118. The van der Waals surface area contributed by atoms with Crippen LogP contribution in [-0.2, 0) is 4.79 Å². The second-order valence-corrected chi connectivity index (χ2v) is 4.92. The first-order valence-electron chi connectivity index (χ1n) is 6.42. The predicted molar refractivity (Wildman–Crippen MR) is 72.4 cm³/mol. The number of hydrogen-bond donors (Lipinski definition) is 3. The van der Waals surface area contributed by atoms with E-state index in [1.165, 1.54) is 0 Å². The number of hydrogen-bond acceptors (Lipinski definition) is 5. The summed E-state index contributed by atoms with van der Waals surface area (Å²) in [6.45, 7) is 0.997. The van der Waals surface area contributed by atoms with E-state index in [2.05, 4.69) is 10.2 Å². The van der Waals surface area contributed by atoms with Crippen LogP contribution in [-0.4, -0.2) is 36.8 Å². The number of aliphatic hydroxyl groups is 1. The Kier molecular flexibility index (Phi) is 2.94. The number of ether oxygens (including phenoxy) is 1. The Labute approximate surface area is 111 Å². The molecule has 1 unspecified atom stereocenters. The van der Waals surface area contributed by atoms with Gasteiger partial charge in [0.2, 0.25) is 0 Å². The maximum Gasteiger partial charge on any atom is 0.262 e. The lowest BCUT2D eigenvalue weighted by Crippen LogP contribution is -2.33. The molecule has 2 heterocycles. The summed E-state index contributed by atoms with van der Waals surface area (Å²) in [5, 5.41) is 12.2. The Morgan fingerprint density at radius 3 is 3.16 bits per heavy atom. The van der Waals surface area contributed by atoms with E-state index in [4.69, 9.17) is 10.5 Å². The van der Waals surface area contributed by atoms with Crippen LogP contribution in [0.2, 0.25) is 0 Å². The lowest BCUT2D eigenvalue weighted by atomic mass is 10.1. The molecule has 2 aliphatic rings. The lowest BCUT2D eigenvalue weighted by Gasteiger charge is -2.28. The number of carbonyl (C=O) groups excluding carboxylic acids is 1. The van der Waals surface area contributed by atoms with Crippen LogP contribution in [0.3, 0.4) is 0 Å². The monoisotopic (exact) mass is 263 g/mol. The zero-order valence-electron chi connectivity index (χ0n) is 10.6. The first kappa shape index (κ1) is 12.1. The second-order valence-electron chi connectivity index (χ2n) is 4.92. The minimum atomic E-state index is -0.164. The van der Waals surface area contributed by atoms with Crippen molar-refractivity contribution in [3.8, 4) is 5.75 Å². The molecule has 1 amide bonds. The minimum absolute atomic E-state index is 0.0226. The van der Waals surface area contributed by atoms with Gasteiger partial charge in [0.1, 0.15) is 5.75 Å². The molecule has 102 valence electrons. The molecular formula is C13H17N3O3. The molecule has 1 atom stereocenters. The SMILES string of the molecule is Nc1cc2c(cc1N1CCCC1CO)NC(=O)CO2. The van der Waals surface area contributed by atoms with E-state index in [1.54, 1.807) is 6.07 Å². The molecule has 4 N–H and O–H groups in total. The number of nitrogens with two attached hydrogens (primary N) is 1. The summed E-state index contributed by atoms with van der Waals surface area (Å²) in [5.74, 6) is 0.434. The Hall–Kier alpha value is -1.95. The highest BCUT2D eigenvalue weighted by Crippen LogP contribution is 2.39. The molecule has 6 heteroatoms. The molecule has 0 aromatic heterocycles. The number of aliphatic hydroxyl groups excluding tert-OH is 1. The summed E-state index contributed by atoms with van der Waals surface area (Å²) in [7, 11) is 0. The molecule has 1 fully saturated rings. The van der Waals surface area contributed by atoms with E-state index in [1.807, 2.05) is 6.07 Å². The second kappa shape index (κ2) is 4.62. The number of anilines is 3. The average molecular weight is 263 g/mol. The third kappa shape index (κ3) is 2.08. The Morgan fingerprint density at radius 1 is 1.53 bits per heavy atom. The third-order valence-corrected chi connectivity index (χ3v) is 3.66. The molecule has 0 bridgehead atoms. The van der Waals surface area contributed by atoms with Crippen LogP contribution < -0.4 is 20.7 Å². The van der Waals surface area contributed by atoms with Gasteiger partial charge in [-0.3, -0.25) is 4.79 Å². The van der Waals surface area contributed by atoms with Gasteiger partial charge in [0.15, 0.2) is 6.61 Å². The number of nitrogens with zero attached hydrogens (tertiary/aromatic N) is 1. The van der Waals surface area contributed by atoms with Gasteiger partial charge in [0.25, 0.3) is 5.91 Å². The molecule has 0 radical (unpaired) electrons. The molecule has 0 saturated carbocycles. The first-order chi connectivity index (χ1) is 9.19. The highest BCUT2D eigenvalue weighted by molar-refractivity contribution is 5.97. The Morgan fingerprint density at radius 2 is 2.37 bits per heavy atom. The zero-order valence-corrected chi connectivity index (χ0v) is 10.6. The summed E-state index contributed by atoms with van der Waals surface area (Å²) >= 11 is 0. The number of amides is 1. The number of carbonyl (C=O) groups is 1. The highest BCUT2D eigenvalue weighted by atomic mass is 16.5. The summed E-state index contributed by atoms with van der Waals surface area (Å²) in [6, 6.07) is 3.66. The molecule has 0 aliphatic carbocycles. The van der Waals surface area contributed by atoms with Gasteiger partial charge in [-0.05, 0) is 18.9 Å². The van der Waals surface area contributed by atoms with Crippen molar-refractivity contribution in [2.45, 2.75) is 18.9 Å². The van der Waals surface area contributed by atoms with Crippen molar-refractivity contribution in [2.75, 3.05) is 35.7 Å². The fraction of sp³-hybridized carbons (Fsp3) is 0.462. The Bertz CT molecular complexity index is 518. The number of benzene rings is 1. The van der Waals surface area contributed by atoms with Crippen molar-refractivity contribution in [1.82, 2.24) is 0 Å². The van der Waals surface area contributed by atoms with Crippen molar-refractivity contribution in [2.24, 2.45) is 0 Å². The largest absolute Gasteiger partial charge is 0.482 e. The molecule has 6 nitrogen and oxygen atoms in total. The van der Waals surface area contributed by atoms with Crippen LogP contribution in [0, 0.1) is 0 Å². The topological polar surface area (TPSA) is 87.8 Å². The molecule has 1 aromatic carbocycles. The number of nitrogen functional groups attached to an aromatic ring is 1.